The molecule has 20 heavy (non-hydrogen) atoms. The molecule has 0 radical (unpaired) electrons. The molecule has 0 bridgehead atoms. The van der Waals surface area contributed by atoms with Crippen molar-refractivity contribution in [3.63, 3.8) is 0 Å². The lowest BCUT2D eigenvalue weighted by atomic mass is 10.1. The van der Waals surface area contributed by atoms with Crippen molar-refractivity contribution in [2.45, 2.75) is 26.4 Å². The number of hydrogen-bond donors (Lipinski definition) is 3. The fourth-order valence-corrected chi connectivity index (χ4v) is 1.70. The molecule has 0 saturated heterocycles. The molecule has 1 aromatic carbocycles. The highest BCUT2D eigenvalue weighted by molar-refractivity contribution is 5.75. The van der Waals surface area contributed by atoms with Crippen LogP contribution in [-0.4, -0.2) is 43.9 Å². The van der Waals surface area contributed by atoms with Crippen LogP contribution < -0.4 is 15.4 Å². The minimum atomic E-state index is -0.598. The third-order valence-corrected chi connectivity index (χ3v) is 2.96. The zero-order valence-electron chi connectivity index (χ0n) is 12.4. The summed E-state index contributed by atoms with van der Waals surface area (Å²) < 4.78 is 5.61. The molecule has 0 aliphatic rings. The van der Waals surface area contributed by atoms with Crippen molar-refractivity contribution in [3.8, 4) is 5.75 Å². The van der Waals surface area contributed by atoms with E-state index in [1.807, 2.05) is 32.0 Å². The van der Waals surface area contributed by atoms with Crippen LogP contribution in [0.15, 0.2) is 18.2 Å². The van der Waals surface area contributed by atoms with E-state index in [9.17, 15) is 9.90 Å². The highest BCUT2D eigenvalue weighted by Gasteiger charge is 2.07. The molecular formula is C15H24N2O3. The van der Waals surface area contributed by atoms with Crippen molar-refractivity contribution in [2.75, 3.05) is 26.7 Å². The summed E-state index contributed by atoms with van der Waals surface area (Å²) in [5.74, 6) is 0.785. The molecule has 5 heteroatoms. The van der Waals surface area contributed by atoms with Crippen molar-refractivity contribution >= 4 is 5.91 Å². The molecule has 0 aliphatic carbocycles. The zero-order valence-corrected chi connectivity index (χ0v) is 12.4. The molecule has 0 spiro atoms. The first-order valence-electron chi connectivity index (χ1n) is 6.82. The molecule has 0 aromatic heterocycles. The highest BCUT2D eigenvalue weighted by Crippen LogP contribution is 2.19. The van der Waals surface area contributed by atoms with Gasteiger partial charge in [0.2, 0.25) is 5.91 Å². The largest absolute Gasteiger partial charge is 0.491 e. The lowest BCUT2D eigenvalue weighted by Gasteiger charge is -2.15. The Morgan fingerprint density at radius 1 is 1.40 bits per heavy atom. The topological polar surface area (TPSA) is 70.6 Å². The first-order valence-corrected chi connectivity index (χ1v) is 6.82. The number of carbonyl (C=O) groups excluding carboxylic acids is 1. The number of carbonyl (C=O) groups is 1. The first kappa shape index (κ1) is 16.5. The number of rotatable bonds is 8. The number of hydrogen-bond acceptors (Lipinski definition) is 4. The van der Waals surface area contributed by atoms with Gasteiger partial charge >= 0.3 is 0 Å². The summed E-state index contributed by atoms with van der Waals surface area (Å²) in [5, 5.41) is 15.4. The van der Waals surface area contributed by atoms with Gasteiger partial charge in [0.05, 0.1) is 0 Å². The van der Waals surface area contributed by atoms with Crippen LogP contribution in [0.2, 0.25) is 0 Å². The van der Waals surface area contributed by atoms with E-state index in [1.165, 1.54) is 0 Å². The summed E-state index contributed by atoms with van der Waals surface area (Å²) in [4.78, 5) is 11.0. The monoisotopic (exact) mass is 280 g/mol. The number of aryl methyl sites for hydroxylation is 2. The summed E-state index contributed by atoms with van der Waals surface area (Å²) >= 11 is 0. The Morgan fingerprint density at radius 3 is 2.85 bits per heavy atom. The summed E-state index contributed by atoms with van der Waals surface area (Å²) in [6.45, 7) is 5.16. The fourth-order valence-electron chi connectivity index (χ4n) is 1.70. The maximum Gasteiger partial charge on any atom is 0.221 e. The second kappa shape index (κ2) is 8.55. The number of nitrogens with one attached hydrogen (secondary N) is 2. The third-order valence-electron chi connectivity index (χ3n) is 2.96. The van der Waals surface area contributed by atoms with Crippen molar-refractivity contribution in [1.29, 1.82) is 0 Å². The lowest BCUT2D eigenvalue weighted by molar-refractivity contribution is -0.120. The van der Waals surface area contributed by atoms with Crippen LogP contribution >= 0.6 is 0 Å². The number of amides is 1. The summed E-state index contributed by atoms with van der Waals surface area (Å²) in [6, 6.07) is 5.98. The van der Waals surface area contributed by atoms with Crippen LogP contribution in [-0.2, 0) is 4.79 Å². The first-order chi connectivity index (χ1) is 9.52. The smallest absolute Gasteiger partial charge is 0.221 e. The molecule has 112 valence electrons. The van der Waals surface area contributed by atoms with Gasteiger partial charge in [-0.3, -0.25) is 4.79 Å². The van der Waals surface area contributed by atoms with E-state index in [0.29, 0.717) is 19.5 Å². The van der Waals surface area contributed by atoms with E-state index in [2.05, 4.69) is 10.6 Å². The number of aliphatic hydroxyl groups is 1. The van der Waals surface area contributed by atoms with Gasteiger partial charge in [-0.2, -0.15) is 0 Å². The zero-order chi connectivity index (χ0) is 15.0. The van der Waals surface area contributed by atoms with Crippen molar-refractivity contribution in [3.05, 3.63) is 29.3 Å². The van der Waals surface area contributed by atoms with Crippen LogP contribution in [0.25, 0.3) is 0 Å². The minimum absolute atomic E-state index is 0.0152. The van der Waals surface area contributed by atoms with Crippen LogP contribution in [0, 0.1) is 13.8 Å². The molecule has 1 unspecified atom stereocenters. The Labute approximate surface area is 120 Å². The van der Waals surface area contributed by atoms with Crippen LogP contribution in [0.5, 0.6) is 5.75 Å². The third kappa shape index (κ3) is 6.04. The Kier molecular flexibility index (Phi) is 7.04. The van der Waals surface area contributed by atoms with Crippen LogP contribution in [0.3, 0.4) is 0 Å². The van der Waals surface area contributed by atoms with Gasteiger partial charge in [-0.1, -0.05) is 12.1 Å². The predicted octanol–water partition coefficient (Wildman–Crippen LogP) is 0.769. The van der Waals surface area contributed by atoms with E-state index >= 15 is 0 Å². The molecule has 5 nitrogen and oxygen atoms in total. The van der Waals surface area contributed by atoms with Crippen molar-refractivity contribution in [2.24, 2.45) is 0 Å². The van der Waals surface area contributed by atoms with E-state index in [1.54, 1.807) is 7.05 Å². The van der Waals surface area contributed by atoms with E-state index in [0.717, 1.165) is 16.9 Å². The second-order valence-electron chi connectivity index (χ2n) is 4.86. The average molecular weight is 280 g/mol. The molecule has 1 amide bonds. The van der Waals surface area contributed by atoms with E-state index in [-0.39, 0.29) is 12.5 Å². The minimum Gasteiger partial charge on any atom is -0.491 e. The maximum absolute atomic E-state index is 11.0. The van der Waals surface area contributed by atoms with Gasteiger partial charge in [-0.15, -0.1) is 0 Å². The molecule has 1 rings (SSSR count). The van der Waals surface area contributed by atoms with E-state index in [4.69, 9.17) is 4.74 Å². The summed E-state index contributed by atoms with van der Waals surface area (Å²) in [6.07, 6.45) is -0.194. The Morgan fingerprint density at radius 2 is 2.15 bits per heavy atom. The summed E-state index contributed by atoms with van der Waals surface area (Å²) in [5.41, 5.74) is 2.18. The predicted molar refractivity (Wildman–Crippen MR) is 79.0 cm³/mol. The molecule has 1 atom stereocenters. The standard InChI is InChI=1S/C15H24N2O3/c1-11-4-5-12(2)14(8-11)20-10-13(18)9-17-7-6-15(19)16-3/h4-5,8,13,17-18H,6-7,9-10H2,1-3H3,(H,16,19). The Hall–Kier alpha value is -1.59. The SMILES string of the molecule is CNC(=O)CCNCC(O)COc1cc(C)ccc1C. The number of aliphatic hydroxyl groups excluding tert-OH is 1. The number of ether oxygens (including phenoxy) is 1. The Balaban J connectivity index is 2.24. The summed E-state index contributed by atoms with van der Waals surface area (Å²) in [7, 11) is 1.61. The van der Waals surface area contributed by atoms with Gasteiger partial charge in [0.25, 0.3) is 0 Å². The molecule has 1 aromatic rings. The molecular weight excluding hydrogens is 256 g/mol. The van der Waals surface area contributed by atoms with Crippen LogP contribution in [0.4, 0.5) is 0 Å². The number of benzene rings is 1. The van der Waals surface area contributed by atoms with Gasteiger partial charge in [-0.25, -0.2) is 0 Å². The molecule has 0 fully saturated rings. The molecule has 0 heterocycles. The van der Waals surface area contributed by atoms with Gasteiger partial charge in [-0.05, 0) is 31.0 Å². The van der Waals surface area contributed by atoms with Crippen LogP contribution in [0.1, 0.15) is 17.5 Å². The Bertz CT molecular complexity index is 435. The van der Waals surface area contributed by atoms with Gasteiger partial charge in [0, 0.05) is 26.6 Å². The lowest BCUT2D eigenvalue weighted by Crippen LogP contribution is -2.33. The van der Waals surface area contributed by atoms with Crippen molar-refractivity contribution < 1.29 is 14.6 Å². The molecule has 0 saturated carbocycles. The molecule has 0 aliphatic heterocycles. The average Bonchev–Trinajstić information content (AvgIpc) is 2.44. The second-order valence-corrected chi connectivity index (χ2v) is 4.86. The van der Waals surface area contributed by atoms with E-state index < -0.39 is 6.10 Å². The van der Waals surface area contributed by atoms with Gasteiger partial charge < -0.3 is 20.5 Å². The fraction of sp³-hybridized carbons (Fsp3) is 0.533. The normalized spacial score (nSPS) is 12.0. The molecule has 3 N–H and O–H groups in total. The quantitative estimate of drug-likeness (QED) is 0.615. The highest BCUT2D eigenvalue weighted by atomic mass is 16.5. The van der Waals surface area contributed by atoms with Gasteiger partial charge in [0.1, 0.15) is 18.5 Å². The van der Waals surface area contributed by atoms with Crippen molar-refractivity contribution in [1.82, 2.24) is 10.6 Å². The maximum atomic E-state index is 11.0. The van der Waals surface area contributed by atoms with Gasteiger partial charge in [0.15, 0.2) is 0 Å².